The standard InChI is InChI=1S/C81H86N6O16/c1-49(2)63(39-61(89)44-82-74(91)30-26-60(88)27-31-75(92)85-45-57-14-8-7-12-53(57)20-21-55-13-9-10-15-66(55)85)76(93)83-50(3)69(90)36-51-16-18-52(19-17-51)47-103-80(97)87-67-42-73(71(100-6)41-65(67)78(95)86-48-81(32-33-81)43-68(86)79(87)96)102-35-11-34-101-72-38-56-22-25-59-37-58(54-23-28-62(98-4)29-24-54)46-84(59)77(94)64(56)40-70(72)99-5/h7-10,12-19,23-24,28-29,38,40-42,46,49-50,59,63,68,79,96H,11,22,25-27,30-37,39,43-45,47-48H2,1-6H3,(H,82,91)(H,83,93)/t50-,59+,63-,68-,79+/m0/s1. The molecule has 536 valence electrons. The van der Waals surface area contributed by atoms with E-state index in [0.29, 0.717) is 71.8 Å². The molecule has 1 saturated heterocycles. The number of hydrogen-bond acceptors (Lipinski definition) is 16. The topological polar surface area (TPSA) is 266 Å². The van der Waals surface area contributed by atoms with Crippen LogP contribution in [0.2, 0.25) is 0 Å². The second-order valence-corrected chi connectivity index (χ2v) is 27.8. The van der Waals surface area contributed by atoms with Crippen LogP contribution in [0.25, 0.3) is 5.57 Å². The normalized spacial score (nSPS) is 17.9. The predicted molar refractivity (Wildman–Crippen MR) is 382 cm³/mol. The molecule has 1 saturated carbocycles. The first-order valence-electron chi connectivity index (χ1n) is 35.2. The molecule has 0 unspecified atom stereocenters. The molecule has 0 aromatic heterocycles. The zero-order valence-electron chi connectivity index (χ0n) is 58.9. The van der Waals surface area contributed by atoms with Crippen molar-refractivity contribution >= 4 is 69.9 Å². The van der Waals surface area contributed by atoms with E-state index in [9.17, 15) is 48.3 Å². The highest BCUT2D eigenvalue weighted by molar-refractivity contribution is 6.06. The highest BCUT2D eigenvalue weighted by Gasteiger charge is 2.58. The van der Waals surface area contributed by atoms with Gasteiger partial charge in [-0.25, -0.2) is 9.69 Å². The third-order valence-corrected chi connectivity index (χ3v) is 20.5. The van der Waals surface area contributed by atoms with Crippen molar-refractivity contribution in [3.05, 3.63) is 178 Å². The van der Waals surface area contributed by atoms with E-state index in [1.165, 1.54) is 26.4 Å². The Labute approximate surface area is 598 Å². The molecule has 6 aromatic rings. The molecule has 3 N–H and O–H groups in total. The molecule has 22 nitrogen and oxygen atoms in total. The minimum atomic E-state index is -1.48. The quantitative estimate of drug-likeness (QED) is 0.0304. The molecule has 5 heterocycles. The fourth-order valence-electron chi connectivity index (χ4n) is 14.2. The SMILES string of the molecule is COc1ccc(C2=CN3C(=O)c4cc(OC)c(OCCCOc5cc6c(cc5OC)C(=O)N5CC7(CC7)C[C@H]5[C@@H](O)N6C(=O)OCc5ccc(CC(=O)[C@H](C)NC(=O)[C@@H](CC(=O)CNC(=O)CCC(=O)CCC(=O)N6Cc7ccccc7C#Cc7ccccc76)C(C)C)cc5)cc4CC[C@@H]3C2)cc1. The lowest BCUT2D eigenvalue weighted by Crippen LogP contribution is -2.50. The number of carbonyl (C=O) groups is 9. The van der Waals surface area contributed by atoms with E-state index in [4.69, 9.17) is 28.4 Å². The summed E-state index contributed by atoms with van der Waals surface area (Å²) in [4.78, 5) is 129. The van der Waals surface area contributed by atoms with E-state index in [-0.39, 0.29) is 134 Å². The Morgan fingerprint density at radius 3 is 2.07 bits per heavy atom. The van der Waals surface area contributed by atoms with Crippen molar-refractivity contribution in [3.63, 3.8) is 0 Å². The van der Waals surface area contributed by atoms with Gasteiger partial charge in [0.1, 0.15) is 18.1 Å². The number of methoxy groups -OCH3 is 3. The average molecular weight is 1400 g/mol. The number of hydrogen-bond donors (Lipinski definition) is 3. The second kappa shape index (κ2) is 31.6. The van der Waals surface area contributed by atoms with Crippen LogP contribution < -0.4 is 44.1 Å². The van der Waals surface area contributed by atoms with Crippen molar-refractivity contribution in [1.29, 1.82) is 0 Å². The Balaban J connectivity index is 0.606. The van der Waals surface area contributed by atoms with Gasteiger partial charge in [-0.15, -0.1) is 0 Å². The molecule has 1 spiro atoms. The van der Waals surface area contributed by atoms with Crippen molar-refractivity contribution in [2.24, 2.45) is 17.3 Å². The van der Waals surface area contributed by atoms with Gasteiger partial charge in [-0.2, -0.15) is 0 Å². The van der Waals surface area contributed by atoms with Gasteiger partial charge < -0.3 is 58.9 Å². The minimum absolute atomic E-state index is 0.00729. The number of aliphatic hydroxyl groups is 1. The van der Waals surface area contributed by atoms with Gasteiger partial charge in [-0.05, 0) is 139 Å². The molecule has 12 rings (SSSR count). The lowest BCUT2D eigenvalue weighted by Gasteiger charge is -2.31. The maximum Gasteiger partial charge on any atom is 0.416 e. The third kappa shape index (κ3) is 16.4. The summed E-state index contributed by atoms with van der Waals surface area (Å²) in [5.41, 5.74) is 7.87. The Hall–Kier alpha value is -10.8. The molecule has 5 aliphatic heterocycles. The van der Waals surface area contributed by atoms with Gasteiger partial charge in [-0.3, -0.25) is 38.4 Å². The van der Waals surface area contributed by atoms with Crippen molar-refractivity contribution < 1.29 is 76.7 Å². The summed E-state index contributed by atoms with van der Waals surface area (Å²) in [6.07, 6.45) is 3.68. The van der Waals surface area contributed by atoms with Crippen LogP contribution in [0.15, 0.2) is 128 Å². The van der Waals surface area contributed by atoms with Crippen molar-refractivity contribution in [3.8, 4) is 40.6 Å². The lowest BCUT2D eigenvalue weighted by molar-refractivity contribution is -0.133. The van der Waals surface area contributed by atoms with Crippen LogP contribution in [0.1, 0.15) is 151 Å². The van der Waals surface area contributed by atoms with Crippen LogP contribution in [0, 0.1) is 29.1 Å². The highest BCUT2D eigenvalue weighted by Crippen LogP contribution is 2.57. The van der Waals surface area contributed by atoms with Gasteiger partial charge in [0.2, 0.25) is 17.7 Å². The molecular weight excluding hydrogens is 1310 g/mol. The molecule has 6 aliphatic rings. The first kappa shape index (κ1) is 72.0. The number of amides is 6. The largest absolute Gasteiger partial charge is 0.497 e. The molecule has 5 atom stereocenters. The fourth-order valence-corrected chi connectivity index (χ4v) is 14.2. The monoisotopic (exact) mass is 1400 g/mol. The van der Waals surface area contributed by atoms with E-state index in [2.05, 4.69) is 22.5 Å². The number of ketones is 3. The zero-order chi connectivity index (χ0) is 72.6. The Bertz CT molecular complexity index is 4380. The number of ether oxygens (including phenoxy) is 6. The van der Waals surface area contributed by atoms with E-state index in [0.717, 1.165) is 64.2 Å². The summed E-state index contributed by atoms with van der Waals surface area (Å²) < 4.78 is 35.4. The molecule has 103 heavy (non-hydrogen) atoms. The minimum Gasteiger partial charge on any atom is -0.497 e. The van der Waals surface area contributed by atoms with Gasteiger partial charge in [0.15, 0.2) is 40.8 Å². The van der Waals surface area contributed by atoms with E-state index in [1.807, 2.05) is 90.0 Å². The van der Waals surface area contributed by atoms with Crippen LogP contribution in [-0.4, -0.2) is 140 Å². The van der Waals surface area contributed by atoms with Crippen LogP contribution in [0.3, 0.4) is 0 Å². The van der Waals surface area contributed by atoms with Crippen LogP contribution in [0.4, 0.5) is 16.2 Å². The maximum atomic E-state index is 14.5. The molecule has 0 radical (unpaired) electrons. The highest BCUT2D eigenvalue weighted by atomic mass is 16.6. The van der Waals surface area contributed by atoms with Gasteiger partial charge >= 0.3 is 6.09 Å². The zero-order valence-corrected chi connectivity index (χ0v) is 58.9. The van der Waals surface area contributed by atoms with Crippen molar-refractivity contribution in [2.45, 2.75) is 142 Å². The number of anilines is 2. The summed E-state index contributed by atoms with van der Waals surface area (Å²) >= 11 is 0. The van der Waals surface area contributed by atoms with Crippen LogP contribution in [0.5, 0.6) is 28.7 Å². The van der Waals surface area contributed by atoms with Gasteiger partial charge in [0.25, 0.3) is 11.8 Å². The number of aliphatic hydroxyl groups excluding tert-OH is 1. The summed E-state index contributed by atoms with van der Waals surface area (Å²) in [5.74, 6) is 4.62. The van der Waals surface area contributed by atoms with Gasteiger partial charge in [0.05, 0.1) is 76.7 Å². The second-order valence-electron chi connectivity index (χ2n) is 27.8. The average Bonchev–Trinajstić information content (AvgIpc) is 1.57. The Morgan fingerprint density at radius 1 is 0.689 bits per heavy atom. The number of fused-ring (bicyclic) bond motifs is 6. The van der Waals surface area contributed by atoms with E-state index < -0.39 is 47.9 Å². The molecule has 0 bridgehead atoms. The molecule has 6 amide bonds. The van der Waals surface area contributed by atoms with Crippen LogP contribution in [-0.2, 0) is 59.5 Å². The predicted octanol–water partition coefficient (Wildman–Crippen LogP) is 10.3. The smallest absolute Gasteiger partial charge is 0.416 e. The molecular formula is C81H86N6O16. The first-order valence-corrected chi connectivity index (χ1v) is 35.2. The van der Waals surface area contributed by atoms with Crippen LogP contribution >= 0.6 is 0 Å². The summed E-state index contributed by atoms with van der Waals surface area (Å²) in [7, 11) is 4.61. The number of rotatable bonds is 28. The van der Waals surface area contributed by atoms with Gasteiger partial charge in [-0.1, -0.05) is 92.4 Å². The number of benzene rings is 6. The molecule has 1 aliphatic carbocycles. The Morgan fingerprint density at radius 2 is 1.36 bits per heavy atom. The van der Waals surface area contributed by atoms with Gasteiger partial charge in [0, 0.05) is 92.4 Å². The maximum absolute atomic E-state index is 14.5. The number of aryl methyl sites for hydroxylation is 1. The third-order valence-electron chi connectivity index (χ3n) is 20.5. The van der Waals surface area contributed by atoms with E-state index >= 15 is 0 Å². The Kier molecular flexibility index (Phi) is 22.1. The number of Topliss-reactive ketones (excluding diaryl/α,β-unsaturated/α-hetero) is 3. The molecule has 6 aromatic carbocycles. The fraction of sp³-hybridized carbons (Fsp3) is 0.395. The summed E-state index contributed by atoms with van der Waals surface area (Å²) in [5, 5.41) is 17.5. The number of nitrogens with zero attached hydrogens (tertiary/aromatic N) is 4. The summed E-state index contributed by atoms with van der Waals surface area (Å²) in [6.45, 7) is 5.57. The van der Waals surface area contributed by atoms with E-state index in [1.54, 1.807) is 68.0 Å². The number of nitrogens with one attached hydrogen (secondary N) is 2. The molecule has 22 heteroatoms. The summed E-state index contributed by atoms with van der Waals surface area (Å²) in [6, 6.07) is 34.6. The van der Waals surface area contributed by atoms with Crippen molar-refractivity contribution in [2.75, 3.05) is 57.4 Å². The molecule has 2 fully saturated rings. The van der Waals surface area contributed by atoms with Crippen molar-refractivity contribution in [1.82, 2.24) is 20.4 Å². The number of para-hydroxylation sites is 1. The lowest BCUT2D eigenvalue weighted by atomic mass is 9.89. The first-order chi connectivity index (χ1) is 49.7. The number of carbonyl (C=O) groups excluding carboxylic acids is 9.